The van der Waals surface area contributed by atoms with Crippen molar-refractivity contribution in [3.63, 3.8) is 0 Å². The average molecular weight is 552 g/mol. The molecule has 0 fully saturated rings. The van der Waals surface area contributed by atoms with E-state index in [0.717, 1.165) is 11.1 Å². The van der Waals surface area contributed by atoms with Gasteiger partial charge in [-0.15, -0.1) is 0 Å². The van der Waals surface area contributed by atoms with Crippen LogP contribution in [0.5, 0.6) is 0 Å². The maximum atomic E-state index is 12.4. The second kappa shape index (κ2) is 14.1. The van der Waals surface area contributed by atoms with Gasteiger partial charge < -0.3 is 0 Å². The van der Waals surface area contributed by atoms with Crippen LogP contribution in [0.2, 0.25) is 18.3 Å². The van der Waals surface area contributed by atoms with Crippen molar-refractivity contribution in [2.75, 3.05) is 6.61 Å². The van der Waals surface area contributed by atoms with E-state index in [1.54, 1.807) is 12.1 Å². The van der Waals surface area contributed by atoms with E-state index in [1.165, 1.54) is 58.1 Å². The Bertz CT molecular complexity index is 775. The molecule has 0 saturated heterocycles. The monoisotopic (exact) mass is 552 g/mol. The molecule has 0 unspecified atom stereocenters. The number of rotatable bonds is 14. The van der Waals surface area contributed by atoms with Gasteiger partial charge in [0.25, 0.3) is 0 Å². The Balaban J connectivity index is 2.38. The van der Waals surface area contributed by atoms with Crippen molar-refractivity contribution >= 4 is 41.5 Å². The van der Waals surface area contributed by atoms with Gasteiger partial charge in [0, 0.05) is 0 Å². The summed E-state index contributed by atoms with van der Waals surface area (Å²) in [5, 5.41) is 0.716. The molecule has 0 amide bonds. The molecule has 3 nitrogen and oxygen atoms in total. The number of hydrogen-bond donors (Lipinski definition) is 0. The summed E-state index contributed by atoms with van der Waals surface area (Å²) in [5.41, 5.74) is 2.23. The summed E-state index contributed by atoms with van der Waals surface area (Å²) < 4.78 is 17.6. The Morgan fingerprint density at radius 2 is 1.55 bits per heavy atom. The van der Waals surface area contributed by atoms with Crippen molar-refractivity contribution in [1.29, 1.82) is 0 Å². The number of halogens is 1. The first-order valence-corrected chi connectivity index (χ1v) is 19.8. The zero-order valence-corrected chi connectivity index (χ0v) is 22.9. The third-order valence-corrected chi connectivity index (χ3v) is 20.4. The molecule has 0 bridgehead atoms. The zero-order valence-electron chi connectivity index (χ0n) is 19.3. The molecule has 1 heterocycles. The summed E-state index contributed by atoms with van der Waals surface area (Å²) in [6, 6.07) is 11.3. The molecule has 0 saturated carbocycles. The van der Waals surface area contributed by atoms with Crippen molar-refractivity contribution in [3.8, 4) is 0 Å². The fraction of sp³-hybridized carbons (Fsp3) is 0.500. The molecule has 0 N–H and O–H groups in total. The van der Waals surface area contributed by atoms with Crippen LogP contribution < -0.4 is 0 Å². The predicted molar refractivity (Wildman–Crippen MR) is 133 cm³/mol. The molecule has 0 atom stereocenters. The van der Waals surface area contributed by atoms with Crippen LogP contribution in [-0.4, -0.2) is 31.0 Å². The van der Waals surface area contributed by atoms with Gasteiger partial charge in [-0.25, -0.2) is 0 Å². The number of ether oxygens (including phenoxy) is 1. The van der Waals surface area contributed by atoms with E-state index in [0.29, 0.717) is 5.02 Å². The van der Waals surface area contributed by atoms with Gasteiger partial charge in [0.05, 0.1) is 0 Å². The number of carbonyl (C=O) groups excluding carboxylic acids is 1. The van der Waals surface area contributed by atoms with Crippen LogP contribution in [0.15, 0.2) is 51.2 Å². The van der Waals surface area contributed by atoms with Gasteiger partial charge in [-0.05, 0) is 0 Å². The number of hydrogen-bond acceptors (Lipinski definition) is 3. The third-order valence-electron chi connectivity index (χ3n) is 5.86. The predicted octanol–water partition coefficient (Wildman–Crippen LogP) is 8.56. The van der Waals surface area contributed by atoms with E-state index in [-0.39, 0.29) is 12.4 Å². The van der Waals surface area contributed by atoms with Gasteiger partial charge in [0.15, 0.2) is 0 Å². The summed E-state index contributed by atoms with van der Waals surface area (Å²) in [6.07, 6.45) is 9.06. The Kier molecular flexibility index (Phi) is 11.8. The summed E-state index contributed by atoms with van der Waals surface area (Å²) >= 11 is 3.57. The van der Waals surface area contributed by atoms with E-state index >= 15 is 0 Å². The van der Waals surface area contributed by atoms with E-state index in [2.05, 4.69) is 24.9 Å². The molecule has 5 heteroatoms. The standard InChI is InChI=1S/C14H10ClO3.3C4H9.Sn/c1-10(11-4-6-12(15)7-5-11)9-18-14(16)13-3-2-8-17-13;3*1-3-4-2;/h1-8H,9H2;3*1,3-4H2,2H3;. The molecule has 2 aromatic rings. The summed E-state index contributed by atoms with van der Waals surface area (Å²) in [5.74, 6) is -0.172. The quantitative estimate of drug-likeness (QED) is 0.174. The van der Waals surface area contributed by atoms with Gasteiger partial charge in [0.1, 0.15) is 0 Å². The van der Waals surface area contributed by atoms with Gasteiger partial charge in [-0.2, -0.15) is 0 Å². The third kappa shape index (κ3) is 8.69. The normalized spacial score (nSPS) is 12.2. The maximum absolute atomic E-state index is 12.4. The molecule has 1 aromatic heterocycles. The second-order valence-electron chi connectivity index (χ2n) is 8.40. The zero-order chi connectivity index (χ0) is 22.5. The van der Waals surface area contributed by atoms with E-state index in [4.69, 9.17) is 20.8 Å². The molecule has 31 heavy (non-hydrogen) atoms. The molecule has 0 radical (unpaired) electrons. The van der Waals surface area contributed by atoms with Crippen LogP contribution in [-0.2, 0) is 4.74 Å². The van der Waals surface area contributed by atoms with Gasteiger partial charge in [-0.1, -0.05) is 0 Å². The molecule has 170 valence electrons. The molecular weight excluding hydrogens is 514 g/mol. The van der Waals surface area contributed by atoms with E-state index < -0.39 is 24.3 Å². The van der Waals surface area contributed by atoms with Crippen molar-refractivity contribution in [2.45, 2.75) is 72.6 Å². The van der Waals surface area contributed by atoms with Crippen LogP contribution in [0.1, 0.15) is 75.4 Å². The minimum absolute atomic E-state index is 0.244. The Hall–Kier alpha value is -1.20. The molecule has 0 aliphatic rings. The Labute approximate surface area is 197 Å². The van der Waals surface area contributed by atoms with E-state index in [1.807, 2.05) is 24.3 Å². The van der Waals surface area contributed by atoms with Gasteiger partial charge in [-0.3, -0.25) is 0 Å². The number of esters is 1. The number of benzene rings is 1. The number of unbranched alkanes of at least 4 members (excludes halogenated alkanes) is 3. The fourth-order valence-corrected chi connectivity index (χ4v) is 19.4. The number of furan rings is 1. The van der Waals surface area contributed by atoms with Crippen molar-refractivity contribution in [1.82, 2.24) is 0 Å². The second-order valence-corrected chi connectivity index (χ2v) is 21.7. The van der Waals surface area contributed by atoms with Crippen LogP contribution in [0, 0.1) is 0 Å². The number of carbonyl (C=O) groups is 1. The fourth-order valence-electron chi connectivity index (χ4n) is 4.03. The first kappa shape index (κ1) is 26.1. The summed E-state index contributed by atoms with van der Waals surface area (Å²) in [6.45, 7) is 7.12. The van der Waals surface area contributed by atoms with Crippen LogP contribution in [0.3, 0.4) is 0 Å². The summed E-state index contributed by atoms with van der Waals surface area (Å²) in [4.78, 5) is 12.4. The van der Waals surface area contributed by atoms with Crippen molar-refractivity contribution in [2.24, 2.45) is 0 Å². The van der Waals surface area contributed by atoms with Gasteiger partial charge in [0.2, 0.25) is 0 Å². The molecular formula is C26H37ClO3Sn. The van der Waals surface area contributed by atoms with Crippen molar-refractivity contribution in [3.05, 3.63) is 63.1 Å². The molecule has 2 rings (SSSR count). The molecule has 0 aliphatic heterocycles. The van der Waals surface area contributed by atoms with Crippen LogP contribution in [0.4, 0.5) is 0 Å². The molecule has 1 aromatic carbocycles. The van der Waals surface area contributed by atoms with Gasteiger partial charge >= 0.3 is 198 Å². The minimum atomic E-state index is -2.58. The Morgan fingerprint density at radius 1 is 0.968 bits per heavy atom. The van der Waals surface area contributed by atoms with Crippen molar-refractivity contribution < 1.29 is 13.9 Å². The summed E-state index contributed by atoms with van der Waals surface area (Å²) in [7, 11) is 0. The van der Waals surface area contributed by atoms with E-state index in [9.17, 15) is 4.79 Å². The molecule has 0 spiro atoms. The van der Waals surface area contributed by atoms with Crippen LogP contribution >= 0.6 is 11.6 Å². The first-order chi connectivity index (χ1) is 15.0. The average Bonchev–Trinajstić information content (AvgIpc) is 3.33. The van der Waals surface area contributed by atoms with Crippen LogP contribution in [0.25, 0.3) is 5.57 Å². The first-order valence-electron chi connectivity index (χ1n) is 11.7. The topological polar surface area (TPSA) is 39.4 Å². The SMILES string of the molecule is CCC[CH2][Sn](/[CH]=C(/COC(=O)c1ccco1)c1ccc(Cl)cc1)([CH2]CCC)[CH2]CCC. The Morgan fingerprint density at radius 3 is 2.03 bits per heavy atom. The molecule has 0 aliphatic carbocycles.